The average molecular weight is 639 g/mol. The van der Waals surface area contributed by atoms with Crippen LogP contribution in [0.4, 0.5) is 0 Å². The summed E-state index contributed by atoms with van der Waals surface area (Å²) < 4.78 is 6.91. The van der Waals surface area contributed by atoms with E-state index in [0.29, 0.717) is 0 Å². The SMILES string of the molecule is c1ccc(-c2ccc(-c3ccc(-c4cccc(-c5cccc6c5Oc5ccccc5C65c6ccccc6-c6ccccc65)c4)cc3)nn2)cc1. The lowest BCUT2D eigenvalue weighted by Gasteiger charge is -2.40. The molecule has 0 N–H and O–H groups in total. The van der Waals surface area contributed by atoms with E-state index in [4.69, 9.17) is 4.74 Å². The van der Waals surface area contributed by atoms with Gasteiger partial charge in [-0.2, -0.15) is 0 Å². The average Bonchev–Trinajstić information content (AvgIpc) is 3.49. The molecule has 10 rings (SSSR count). The fraction of sp³-hybridized carbons (Fsp3) is 0.0213. The Kier molecular flexibility index (Phi) is 6.40. The maximum atomic E-state index is 6.91. The van der Waals surface area contributed by atoms with E-state index >= 15 is 0 Å². The summed E-state index contributed by atoms with van der Waals surface area (Å²) in [6.07, 6.45) is 0. The van der Waals surface area contributed by atoms with E-state index in [1.165, 1.54) is 33.4 Å². The fourth-order valence-electron chi connectivity index (χ4n) is 8.05. The Hall–Kier alpha value is -6.58. The molecule has 1 aromatic heterocycles. The molecule has 1 aliphatic heterocycles. The molecule has 0 bridgehead atoms. The molecule has 0 amide bonds. The van der Waals surface area contributed by atoms with Gasteiger partial charge < -0.3 is 4.74 Å². The molecule has 3 nitrogen and oxygen atoms in total. The van der Waals surface area contributed by atoms with Crippen LogP contribution < -0.4 is 4.74 Å². The van der Waals surface area contributed by atoms with Crippen molar-refractivity contribution >= 4 is 0 Å². The molecule has 0 fully saturated rings. The lowest BCUT2D eigenvalue weighted by molar-refractivity contribution is 0.438. The summed E-state index contributed by atoms with van der Waals surface area (Å²) in [6, 6.07) is 64.4. The van der Waals surface area contributed by atoms with Crippen molar-refractivity contribution in [1.82, 2.24) is 10.2 Å². The van der Waals surface area contributed by atoms with Gasteiger partial charge in [-0.15, -0.1) is 10.2 Å². The van der Waals surface area contributed by atoms with Crippen LogP contribution in [-0.2, 0) is 5.41 Å². The normalized spacial score (nSPS) is 13.1. The minimum Gasteiger partial charge on any atom is -0.456 e. The van der Waals surface area contributed by atoms with Gasteiger partial charge in [-0.3, -0.25) is 0 Å². The number of nitrogens with zero attached hydrogens (tertiary/aromatic N) is 2. The van der Waals surface area contributed by atoms with Gasteiger partial charge in [0.25, 0.3) is 0 Å². The predicted octanol–water partition coefficient (Wildman–Crippen LogP) is 11.6. The van der Waals surface area contributed by atoms with Crippen molar-refractivity contribution in [2.24, 2.45) is 0 Å². The number of hydrogen-bond donors (Lipinski definition) is 0. The number of para-hydroxylation sites is 2. The van der Waals surface area contributed by atoms with Crippen molar-refractivity contribution in [2.75, 3.05) is 0 Å². The Bertz CT molecular complexity index is 2510. The van der Waals surface area contributed by atoms with Crippen LogP contribution in [0.2, 0.25) is 0 Å². The minimum atomic E-state index is -0.483. The molecule has 0 saturated carbocycles. The summed E-state index contributed by atoms with van der Waals surface area (Å²) >= 11 is 0. The first-order chi connectivity index (χ1) is 24.8. The van der Waals surface area contributed by atoms with Crippen LogP contribution in [0.15, 0.2) is 182 Å². The Balaban J connectivity index is 1.06. The molecule has 2 aliphatic rings. The second kappa shape index (κ2) is 11.3. The molecule has 2 heterocycles. The van der Waals surface area contributed by atoms with Crippen LogP contribution in [0.3, 0.4) is 0 Å². The number of fused-ring (bicyclic) bond motifs is 9. The lowest BCUT2D eigenvalue weighted by Crippen LogP contribution is -2.32. The monoisotopic (exact) mass is 638 g/mol. The Morgan fingerprint density at radius 1 is 0.340 bits per heavy atom. The highest BCUT2D eigenvalue weighted by Crippen LogP contribution is 2.63. The van der Waals surface area contributed by atoms with E-state index < -0.39 is 5.41 Å². The van der Waals surface area contributed by atoms with E-state index in [1.807, 2.05) is 42.5 Å². The molecule has 0 atom stereocenters. The third-order valence-corrected chi connectivity index (χ3v) is 10.3. The van der Waals surface area contributed by atoms with Crippen LogP contribution in [0.5, 0.6) is 11.5 Å². The maximum absolute atomic E-state index is 6.91. The minimum absolute atomic E-state index is 0.483. The Morgan fingerprint density at radius 3 is 1.54 bits per heavy atom. The zero-order valence-corrected chi connectivity index (χ0v) is 27.1. The molecular formula is C47H30N2O. The van der Waals surface area contributed by atoms with Crippen LogP contribution >= 0.6 is 0 Å². The van der Waals surface area contributed by atoms with E-state index in [2.05, 4.69) is 150 Å². The van der Waals surface area contributed by atoms with Gasteiger partial charge in [-0.1, -0.05) is 158 Å². The largest absolute Gasteiger partial charge is 0.456 e. The quantitative estimate of drug-likeness (QED) is 0.192. The third-order valence-electron chi connectivity index (χ3n) is 10.3. The van der Waals surface area contributed by atoms with Gasteiger partial charge in [0.2, 0.25) is 0 Å². The van der Waals surface area contributed by atoms with E-state index in [1.54, 1.807) is 0 Å². The second-order valence-corrected chi connectivity index (χ2v) is 12.9. The first kappa shape index (κ1) is 28.4. The number of aromatic nitrogens is 2. The number of hydrogen-bond acceptors (Lipinski definition) is 3. The summed E-state index contributed by atoms with van der Waals surface area (Å²) in [5, 5.41) is 9.02. The molecule has 1 spiro atoms. The third kappa shape index (κ3) is 4.23. The zero-order valence-electron chi connectivity index (χ0n) is 27.1. The van der Waals surface area contributed by atoms with Crippen molar-refractivity contribution in [3.8, 4) is 67.4 Å². The highest BCUT2D eigenvalue weighted by atomic mass is 16.5. The summed E-state index contributed by atoms with van der Waals surface area (Å²) in [6.45, 7) is 0. The standard InChI is InChI=1S/C47H30N2O/c1-2-12-32(13-3-1)43-28-29-44(49-48-43)33-26-24-31(25-27-33)34-14-10-15-35(30-34)36-18-11-22-42-46(36)50-45-23-9-8-21-41(45)47(42)39-19-6-4-16-37(39)38-17-5-7-20-40(38)47/h1-30H. The second-order valence-electron chi connectivity index (χ2n) is 12.9. The molecule has 8 aromatic rings. The van der Waals surface area contributed by atoms with Crippen molar-refractivity contribution in [1.29, 1.82) is 0 Å². The Labute approximate surface area is 291 Å². The lowest BCUT2D eigenvalue weighted by atomic mass is 9.65. The van der Waals surface area contributed by atoms with Gasteiger partial charge in [-0.05, 0) is 63.2 Å². The topological polar surface area (TPSA) is 35.0 Å². The molecule has 234 valence electrons. The van der Waals surface area contributed by atoms with Gasteiger partial charge in [-0.25, -0.2) is 0 Å². The van der Waals surface area contributed by atoms with Crippen LogP contribution in [0.1, 0.15) is 22.3 Å². The Morgan fingerprint density at radius 2 is 0.840 bits per heavy atom. The van der Waals surface area contributed by atoms with E-state index in [-0.39, 0.29) is 0 Å². The number of benzene rings is 7. The summed E-state index contributed by atoms with van der Waals surface area (Å²) in [4.78, 5) is 0. The zero-order chi connectivity index (χ0) is 33.1. The predicted molar refractivity (Wildman–Crippen MR) is 201 cm³/mol. The smallest absolute Gasteiger partial charge is 0.140 e. The first-order valence-corrected chi connectivity index (χ1v) is 17.0. The fourth-order valence-corrected chi connectivity index (χ4v) is 8.05. The number of rotatable bonds is 4. The van der Waals surface area contributed by atoms with Gasteiger partial charge in [0.1, 0.15) is 11.5 Å². The highest BCUT2D eigenvalue weighted by molar-refractivity contribution is 5.90. The number of ether oxygens (including phenoxy) is 1. The van der Waals surface area contributed by atoms with Gasteiger partial charge in [0.15, 0.2) is 0 Å². The first-order valence-electron chi connectivity index (χ1n) is 17.0. The molecule has 7 aromatic carbocycles. The summed E-state index contributed by atoms with van der Waals surface area (Å²) in [5.74, 6) is 1.80. The summed E-state index contributed by atoms with van der Waals surface area (Å²) in [5.41, 5.74) is 15.3. The highest BCUT2D eigenvalue weighted by Gasteiger charge is 2.51. The van der Waals surface area contributed by atoms with Crippen LogP contribution in [-0.4, -0.2) is 10.2 Å². The molecule has 50 heavy (non-hydrogen) atoms. The van der Waals surface area contributed by atoms with Gasteiger partial charge >= 0.3 is 0 Å². The molecular weight excluding hydrogens is 609 g/mol. The van der Waals surface area contributed by atoms with Crippen molar-refractivity contribution < 1.29 is 4.74 Å². The van der Waals surface area contributed by atoms with Crippen molar-refractivity contribution in [2.45, 2.75) is 5.41 Å². The molecule has 0 saturated heterocycles. The van der Waals surface area contributed by atoms with E-state index in [9.17, 15) is 0 Å². The van der Waals surface area contributed by atoms with Crippen LogP contribution in [0.25, 0.3) is 55.9 Å². The maximum Gasteiger partial charge on any atom is 0.140 e. The summed E-state index contributed by atoms with van der Waals surface area (Å²) in [7, 11) is 0. The van der Waals surface area contributed by atoms with Crippen molar-refractivity contribution in [3.63, 3.8) is 0 Å². The van der Waals surface area contributed by atoms with Crippen LogP contribution in [0, 0.1) is 0 Å². The van der Waals surface area contributed by atoms with Gasteiger partial charge in [0, 0.05) is 27.8 Å². The molecule has 0 unspecified atom stereocenters. The van der Waals surface area contributed by atoms with Gasteiger partial charge in [0.05, 0.1) is 16.8 Å². The van der Waals surface area contributed by atoms with E-state index in [0.717, 1.165) is 56.3 Å². The molecule has 0 radical (unpaired) electrons. The molecule has 1 aliphatic carbocycles. The van der Waals surface area contributed by atoms with Crippen molar-refractivity contribution in [3.05, 3.63) is 204 Å². The molecule has 3 heteroatoms.